The van der Waals surface area contributed by atoms with Crippen LogP contribution in [0.5, 0.6) is 0 Å². The van der Waals surface area contributed by atoms with Gasteiger partial charge in [-0.1, -0.05) is 25.1 Å². The van der Waals surface area contributed by atoms with Gasteiger partial charge in [-0.25, -0.2) is 17.6 Å². The van der Waals surface area contributed by atoms with Crippen molar-refractivity contribution in [1.82, 2.24) is 4.90 Å². The van der Waals surface area contributed by atoms with Crippen molar-refractivity contribution in [2.45, 2.75) is 13.3 Å². The standard InChI is InChI=1S/C24H19F4NO2/c1-2-3-4-23(30)29-13-17(9-15-5-7-19(25)21(27)11-15)24(31)18(14-29)10-16-6-8-20(26)22(28)12-16/h3-12H,2,13-14H2,1H3/b4-3-,17-9+,18-10+. The molecule has 0 spiro atoms. The number of rotatable bonds is 4. The highest BCUT2D eigenvalue weighted by Gasteiger charge is 2.28. The summed E-state index contributed by atoms with van der Waals surface area (Å²) in [5.74, 6) is -4.90. The van der Waals surface area contributed by atoms with E-state index in [1.807, 2.05) is 6.92 Å². The number of likely N-dealkylation sites (tertiary alicyclic amines) is 1. The molecule has 3 rings (SSSR count). The fourth-order valence-electron chi connectivity index (χ4n) is 3.13. The van der Waals surface area contributed by atoms with E-state index >= 15 is 0 Å². The molecular formula is C24H19F4NO2. The summed E-state index contributed by atoms with van der Waals surface area (Å²) in [7, 11) is 0. The van der Waals surface area contributed by atoms with E-state index in [-0.39, 0.29) is 41.3 Å². The first-order valence-electron chi connectivity index (χ1n) is 9.60. The zero-order valence-corrected chi connectivity index (χ0v) is 16.7. The highest BCUT2D eigenvalue weighted by molar-refractivity contribution is 6.15. The van der Waals surface area contributed by atoms with Crippen molar-refractivity contribution in [1.29, 1.82) is 0 Å². The molecule has 2 aromatic carbocycles. The molecule has 0 N–H and O–H groups in total. The normalized spacial score (nSPS) is 17.2. The lowest BCUT2D eigenvalue weighted by Gasteiger charge is -2.29. The monoisotopic (exact) mass is 429 g/mol. The molecule has 160 valence electrons. The number of nitrogens with zero attached hydrogens (tertiary/aromatic N) is 1. The Morgan fingerprint density at radius 3 is 1.77 bits per heavy atom. The Bertz CT molecular complexity index is 1050. The number of hydrogen-bond donors (Lipinski definition) is 0. The lowest BCUT2D eigenvalue weighted by molar-refractivity contribution is -0.126. The molecule has 0 saturated carbocycles. The molecule has 1 aliphatic rings. The molecule has 0 radical (unpaired) electrons. The molecule has 0 bridgehead atoms. The Balaban J connectivity index is 2.02. The maximum atomic E-state index is 13.6. The molecule has 31 heavy (non-hydrogen) atoms. The van der Waals surface area contributed by atoms with Crippen molar-refractivity contribution < 1.29 is 27.2 Å². The van der Waals surface area contributed by atoms with E-state index in [4.69, 9.17) is 0 Å². The van der Waals surface area contributed by atoms with Gasteiger partial charge in [-0.3, -0.25) is 9.59 Å². The average molecular weight is 429 g/mol. The van der Waals surface area contributed by atoms with Crippen molar-refractivity contribution in [2.24, 2.45) is 0 Å². The Hall–Kier alpha value is -3.48. The zero-order chi connectivity index (χ0) is 22.5. The molecule has 1 aliphatic heterocycles. The Morgan fingerprint density at radius 1 is 0.871 bits per heavy atom. The van der Waals surface area contributed by atoms with Crippen LogP contribution in [0.25, 0.3) is 12.2 Å². The van der Waals surface area contributed by atoms with Gasteiger partial charge < -0.3 is 4.90 Å². The van der Waals surface area contributed by atoms with Crippen LogP contribution in [0.2, 0.25) is 0 Å². The summed E-state index contributed by atoms with van der Waals surface area (Å²) in [5, 5.41) is 0. The van der Waals surface area contributed by atoms with Crippen LogP contribution in [0.4, 0.5) is 17.6 Å². The number of allylic oxidation sites excluding steroid dienone is 1. The van der Waals surface area contributed by atoms with Crippen LogP contribution in [0.15, 0.2) is 59.7 Å². The molecule has 7 heteroatoms. The van der Waals surface area contributed by atoms with Crippen LogP contribution in [0.3, 0.4) is 0 Å². The van der Waals surface area contributed by atoms with Crippen molar-refractivity contribution in [3.05, 3.63) is 94.1 Å². The number of piperidine rings is 1. The summed E-state index contributed by atoms with van der Waals surface area (Å²) < 4.78 is 53.6. The van der Waals surface area contributed by atoms with Gasteiger partial charge >= 0.3 is 0 Å². The second kappa shape index (κ2) is 9.55. The van der Waals surface area contributed by atoms with Crippen LogP contribution in [0.1, 0.15) is 24.5 Å². The second-order valence-corrected chi connectivity index (χ2v) is 7.02. The Kier molecular flexibility index (Phi) is 6.84. The van der Waals surface area contributed by atoms with Gasteiger partial charge in [0.15, 0.2) is 29.1 Å². The van der Waals surface area contributed by atoms with E-state index in [0.717, 1.165) is 24.3 Å². The van der Waals surface area contributed by atoms with Gasteiger partial charge in [0.05, 0.1) is 13.1 Å². The van der Waals surface area contributed by atoms with Gasteiger partial charge in [0.25, 0.3) is 0 Å². The molecule has 1 fully saturated rings. The second-order valence-electron chi connectivity index (χ2n) is 7.02. The molecule has 1 saturated heterocycles. The predicted molar refractivity (Wildman–Crippen MR) is 110 cm³/mol. The van der Waals surface area contributed by atoms with E-state index < -0.39 is 29.1 Å². The molecule has 2 aromatic rings. The number of benzene rings is 2. The van der Waals surface area contributed by atoms with Gasteiger partial charge in [0, 0.05) is 11.1 Å². The molecule has 3 nitrogen and oxygen atoms in total. The topological polar surface area (TPSA) is 37.4 Å². The molecule has 1 heterocycles. The largest absolute Gasteiger partial charge is 0.330 e. The quantitative estimate of drug-likeness (QED) is 0.502. The molecule has 0 aromatic heterocycles. The SMILES string of the molecule is CC/C=C\C(=O)N1C/C(=C\c2ccc(F)c(F)c2)C(=O)/C(=C/c2ccc(F)c(F)c2)C1. The number of Topliss-reactive ketones (excluding diaryl/α,β-unsaturated/α-hetero) is 1. The van der Waals surface area contributed by atoms with E-state index in [1.165, 1.54) is 35.3 Å². The average Bonchev–Trinajstić information content (AvgIpc) is 2.74. The van der Waals surface area contributed by atoms with Gasteiger partial charge in [0.2, 0.25) is 5.91 Å². The minimum atomic E-state index is -1.06. The minimum absolute atomic E-state index is 0.0279. The third kappa shape index (κ3) is 5.36. The molecule has 0 atom stereocenters. The molecule has 0 unspecified atom stereocenters. The number of carbonyl (C=O) groups excluding carboxylic acids is 2. The lowest BCUT2D eigenvalue weighted by Crippen LogP contribution is -2.40. The van der Waals surface area contributed by atoms with Crippen molar-refractivity contribution >= 4 is 23.8 Å². The first kappa shape index (κ1) is 22.2. The highest BCUT2D eigenvalue weighted by atomic mass is 19.2. The zero-order valence-electron chi connectivity index (χ0n) is 16.7. The smallest absolute Gasteiger partial charge is 0.246 e. The lowest BCUT2D eigenvalue weighted by atomic mass is 9.94. The minimum Gasteiger partial charge on any atom is -0.330 e. The first-order chi connectivity index (χ1) is 14.8. The van der Waals surface area contributed by atoms with E-state index in [1.54, 1.807) is 6.08 Å². The van der Waals surface area contributed by atoms with Gasteiger partial charge in [-0.05, 0) is 60.0 Å². The summed E-state index contributed by atoms with van der Waals surface area (Å²) >= 11 is 0. The van der Waals surface area contributed by atoms with Crippen molar-refractivity contribution in [3.8, 4) is 0 Å². The summed E-state index contributed by atoms with van der Waals surface area (Å²) in [5.41, 5.74) is 0.884. The highest BCUT2D eigenvalue weighted by Crippen LogP contribution is 2.23. The van der Waals surface area contributed by atoms with Gasteiger partial charge in [0.1, 0.15) is 0 Å². The number of carbonyl (C=O) groups is 2. The number of ketones is 1. The summed E-state index contributed by atoms with van der Waals surface area (Å²) in [6, 6.07) is 6.42. The molecule has 1 amide bonds. The van der Waals surface area contributed by atoms with Crippen LogP contribution in [-0.2, 0) is 9.59 Å². The fourth-order valence-corrected chi connectivity index (χ4v) is 3.13. The predicted octanol–water partition coefficient (Wildman–Crippen LogP) is 5.09. The van der Waals surface area contributed by atoms with Crippen molar-refractivity contribution in [2.75, 3.05) is 13.1 Å². The first-order valence-corrected chi connectivity index (χ1v) is 9.60. The number of amides is 1. The van der Waals surface area contributed by atoms with Gasteiger partial charge in [-0.2, -0.15) is 0 Å². The number of halogens is 4. The van der Waals surface area contributed by atoms with Crippen LogP contribution in [0, 0.1) is 23.3 Å². The van der Waals surface area contributed by atoms with Crippen LogP contribution >= 0.6 is 0 Å². The third-order valence-electron chi connectivity index (χ3n) is 4.68. The summed E-state index contributed by atoms with van der Waals surface area (Å²) in [6.45, 7) is 1.81. The van der Waals surface area contributed by atoms with Crippen LogP contribution < -0.4 is 0 Å². The maximum absolute atomic E-state index is 13.6. The van der Waals surface area contributed by atoms with E-state index in [9.17, 15) is 27.2 Å². The van der Waals surface area contributed by atoms with Gasteiger partial charge in [-0.15, -0.1) is 0 Å². The Morgan fingerprint density at radius 2 is 1.35 bits per heavy atom. The third-order valence-corrected chi connectivity index (χ3v) is 4.68. The van der Waals surface area contributed by atoms with Crippen molar-refractivity contribution in [3.63, 3.8) is 0 Å². The summed E-state index contributed by atoms with van der Waals surface area (Å²) in [4.78, 5) is 26.9. The molecule has 0 aliphatic carbocycles. The van der Waals surface area contributed by atoms with E-state index in [2.05, 4.69) is 0 Å². The van der Waals surface area contributed by atoms with Crippen LogP contribution in [-0.4, -0.2) is 29.7 Å². The fraction of sp³-hybridized carbons (Fsp3) is 0.167. The number of hydrogen-bond acceptors (Lipinski definition) is 2. The Labute approximate surface area is 177 Å². The molecular weight excluding hydrogens is 410 g/mol. The maximum Gasteiger partial charge on any atom is 0.246 e. The summed E-state index contributed by atoms with van der Waals surface area (Å²) in [6.07, 6.45) is 6.48. The van der Waals surface area contributed by atoms with E-state index in [0.29, 0.717) is 6.42 Å².